The molecule has 0 spiro atoms. The van der Waals surface area contributed by atoms with E-state index in [1.807, 2.05) is 36.4 Å². The minimum absolute atomic E-state index is 0.274. The highest BCUT2D eigenvalue weighted by molar-refractivity contribution is 6.09. The van der Waals surface area contributed by atoms with Crippen molar-refractivity contribution in [2.75, 3.05) is 0 Å². The molecule has 66 valence electrons. The lowest BCUT2D eigenvalue weighted by molar-refractivity contribution is 0.105. The van der Waals surface area contributed by atoms with Gasteiger partial charge in [0.1, 0.15) is 0 Å². The van der Waals surface area contributed by atoms with Gasteiger partial charge in [0.15, 0.2) is 0 Å². The van der Waals surface area contributed by atoms with Gasteiger partial charge in [0.05, 0.1) is 0 Å². The maximum absolute atomic E-state index is 11.3. The van der Waals surface area contributed by atoms with Crippen LogP contribution in [0.4, 0.5) is 0 Å². The predicted molar refractivity (Wildman–Crippen MR) is 56.2 cm³/mol. The molecule has 0 heterocycles. The maximum atomic E-state index is 11.3. The summed E-state index contributed by atoms with van der Waals surface area (Å²) in [4.78, 5) is 11.3. The van der Waals surface area contributed by atoms with Crippen LogP contribution < -0.4 is 0 Å². The van der Waals surface area contributed by atoms with Crippen LogP contribution >= 0.6 is 0 Å². The Hall–Kier alpha value is -2.07. The molecule has 2 aliphatic rings. The van der Waals surface area contributed by atoms with Gasteiger partial charge in [0.2, 0.25) is 5.78 Å². The third-order valence-corrected chi connectivity index (χ3v) is 2.14. The molecule has 0 N–H and O–H groups in total. The normalized spacial score (nSPS) is 9.64. The second kappa shape index (κ2) is 3.35. The van der Waals surface area contributed by atoms with Gasteiger partial charge in [-0.25, -0.2) is 0 Å². The summed E-state index contributed by atoms with van der Waals surface area (Å²) in [7, 11) is 0. The van der Waals surface area contributed by atoms with Crippen molar-refractivity contribution in [2.24, 2.45) is 0 Å². The van der Waals surface area contributed by atoms with E-state index in [-0.39, 0.29) is 5.78 Å². The molecular formula is C13H8O. The first-order chi connectivity index (χ1) is 6.81. The average Bonchev–Trinajstić information content (AvgIpc) is 2.54. The largest absolute Gasteiger partial charge is 0.279 e. The highest BCUT2D eigenvalue weighted by Gasteiger charge is 2.04. The van der Waals surface area contributed by atoms with Gasteiger partial charge in [0.25, 0.3) is 0 Å². The summed E-state index contributed by atoms with van der Waals surface area (Å²) < 4.78 is 0. The van der Waals surface area contributed by atoms with E-state index in [0.717, 1.165) is 11.1 Å². The third-order valence-electron chi connectivity index (χ3n) is 2.14. The summed E-state index contributed by atoms with van der Waals surface area (Å²) >= 11 is 0. The lowest BCUT2D eigenvalue weighted by atomic mass is 10.1. The molecule has 2 aliphatic carbocycles. The number of hydrogen-bond acceptors (Lipinski definition) is 1. The second-order valence-electron chi connectivity index (χ2n) is 3.04. The van der Waals surface area contributed by atoms with E-state index >= 15 is 0 Å². The van der Waals surface area contributed by atoms with E-state index in [1.165, 1.54) is 0 Å². The molecule has 0 saturated carbocycles. The van der Waals surface area contributed by atoms with Crippen LogP contribution in [-0.4, -0.2) is 5.78 Å². The predicted octanol–water partition coefficient (Wildman–Crippen LogP) is 2.61. The molecule has 0 unspecified atom stereocenters. The molecule has 0 bridgehead atoms. The summed E-state index contributed by atoms with van der Waals surface area (Å²) in [6.07, 6.45) is 5.06. The number of fused-ring (bicyclic) bond motifs is 1. The van der Waals surface area contributed by atoms with Crippen LogP contribution in [0.2, 0.25) is 0 Å². The summed E-state index contributed by atoms with van der Waals surface area (Å²) in [5, 5.41) is 0. The van der Waals surface area contributed by atoms with Crippen molar-refractivity contribution in [3.05, 3.63) is 48.0 Å². The number of terminal acetylenes is 1. The van der Waals surface area contributed by atoms with E-state index in [2.05, 4.69) is 5.92 Å². The SMILES string of the molecule is C#CC(=O)c1cccc2cccc-2c1. The first-order valence-electron chi connectivity index (χ1n) is 4.31. The van der Waals surface area contributed by atoms with E-state index in [1.54, 1.807) is 6.07 Å². The molecule has 0 saturated heterocycles. The molecule has 0 atom stereocenters. The van der Waals surface area contributed by atoms with Crippen molar-refractivity contribution in [2.45, 2.75) is 0 Å². The van der Waals surface area contributed by atoms with Crippen molar-refractivity contribution in [1.82, 2.24) is 0 Å². The van der Waals surface area contributed by atoms with Crippen LogP contribution in [0.1, 0.15) is 10.4 Å². The van der Waals surface area contributed by atoms with Crippen LogP contribution in [0.25, 0.3) is 11.1 Å². The Bertz CT molecular complexity index is 491. The standard InChI is InChI=1S/C13H8O/c1-2-13(14)12-8-4-6-10-5-3-7-11(10)9-12/h1,3-9H. The van der Waals surface area contributed by atoms with Crippen molar-refractivity contribution in [1.29, 1.82) is 0 Å². The van der Waals surface area contributed by atoms with E-state index < -0.39 is 0 Å². The number of carbonyl (C=O) groups excluding carboxylic acids is 1. The minimum atomic E-state index is -0.274. The van der Waals surface area contributed by atoms with Gasteiger partial charge in [-0.2, -0.15) is 0 Å². The Kier molecular flexibility index (Phi) is 2.04. The maximum Gasteiger partial charge on any atom is 0.235 e. The Morgan fingerprint density at radius 1 is 1.07 bits per heavy atom. The average molecular weight is 180 g/mol. The number of rotatable bonds is 1. The quantitative estimate of drug-likeness (QED) is 0.374. The molecular weight excluding hydrogens is 172 g/mol. The van der Waals surface area contributed by atoms with Crippen molar-refractivity contribution in [3.8, 4) is 23.5 Å². The van der Waals surface area contributed by atoms with E-state index in [0.29, 0.717) is 5.56 Å². The Morgan fingerprint density at radius 3 is 2.43 bits per heavy atom. The van der Waals surface area contributed by atoms with Crippen LogP contribution in [-0.2, 0) is 0 Å². The van der Waals surface area contributed by atoms with Crippen LogP contribution in [0.5, 0.6) is 0 Å². The summed E-state index contributed by atoms with van der Waals surface area (Å²) in [5.41, 5.74) is 2.71. The molecule has 0 amide bonds. The summed E-state index contributed by atoms with van der Waals surface area (Å²) in [6.45, 7) is 0. The van der Waals surface area contributed by atoms with Crippen molar-refractivity contribution < 1.29 is 4.79 Å². The number of ketones is 1. The zero-order valence-electron chi connectivity index (χ0n) is 7.53. The van der Waals surface area contributed by atoms with Crippen molar-refractivity contribution in [3.63, 3.8) is 0 Å². The molecule has 0 aromatic carbocycles. The molecule has 0 aromatic rings. The fourth-order valence-corrected chi connectivity index (χ4v) is 1.43. The lowest BCUT2D eigenvalue weighted by Gasteiger charge is -1.90. The molecule has 0 radical (unpaired) electrons. The summed E-state index contributed by atoms with van der Waals surface area (Å²) in [5.74, 6) is 1.84. The number of carbonyl (C=O) groups is 1. The molecule has 2 rings (SSSR count). The van der Waals surface area contributed by atoms with Gasteiger partial charge >= 0.3 is 0 Å². The number of Topliss-reactive ketones (excluding diaryl/α,β-unsaturated/α-hetero) is 1. The van der Waals surface area contributed by atoms with Crippen LogP contribution in [0, 0.1) is 12.3 Å². The van der Waals surface area contributed by atoms with Crippen LogP contribution in [0.15, 0.2) is 42.5 Å². The molecule has 0 aromatic heterocycles. The Balaban J connectivity index is 2.61. The summed E-state index contributed by atoms with van der Waals surface area (Å²) in [6, 6.07) is 13.3. The molecule has 1 nitrogen and oxygen atoms in total. The van der Waals surface area contributed by atoms with Crippen LogP contribution in [0.3, 0.4) is 0 Å². The van der Waals surface area contributed by atoms with Gasteiger partial charge in [-0.1, -0.05) is 36.4 Å². The van der Waals surface area contributed by atoms with Crippen molar-refractivity contribution >= 4 is 5.78 Å². The van der Waals surface area contributed by atoms with Gasteiger partial charge in [-0.3, -0.25) is 4.79 Å². The smallest absolute Gasteiger partial charge is 0.235 e. The minimum Gasteiger partial charge on any atom is -0.279 e. The third kappa shape index (κ3) is 1.38. The zero-order valence-corrected chi connectivity index (χ0v) is 7.53. The van der Waals surface area contributed by atoms with Gasteiger partial charge in [-0.15, -0.1) is 6.42 Å². The Labute approximate surface area is 82.7 Å². The van der Waals surface area contributed by atoms with Gasteiger partial charge in [0, 0.05) is 5.56 Å². The van der Waals surface area contributed by atoms with E-state index in [4.69, 9.17) is 6.42 Å². The first-order valence-corrected chi connectivity index (χ1v) is 4.31. The Morgan fingerprint density at radius 2 is 1.71 bits per heavy atom. The molecule has 0 fully saturated rings. The monoisotopic (exact) mass is 180 g/mol. The van der Waals surface area contributed by atoms with E-state index in [9.17, 15) is 4.79 Å². The van der Waals surface area contributed by atoms with Gasteiger partial charge in [-0.05, 0) is 23.1 Å². The first kappa shape index (κ1) is 8.52. The molecule has 1 heteroatoms. The molecule has 14 heavy (non-hydrogen) atoms. The highest BCUT2D eigenvalue weighted by Crippen LogP contribution is 2.22. The fourth-order valence-electron chi connectivity index (χ4n) is 1.43. The zero-order chi connectivity index (χ0) is 9.97. The number of hydrogen-bond donors (Lipinski definition) is 0. The highest BCUT2D eigenvalue weighted by atomic mass is 16.1. The van der Waals surface area contributed by atoms with Gasteiger partial charge < -0.3 is 0 Å². The fraction of sp³-hybridized carbons (Fsp3) is 0. The lowest BCUT2D eigenvalue weighted by Crippen LogP contribution is -1.91. The topological polar surface area (TPSA) is 17.1 Å². The molecule has 0 aliphatic heterocycles. The second-order valence-corrected chi connectivity index (χ2v) is 3.04.